The second-order valence-electron chi connectivity index (χ2n) is 3.98. The highest BCUT2D eigenvalue weighted by Crippen LogP contribution is 2.46. The number of ketones is 1. The Labute approximate surface area is 81.6 Å². The van der Waals surface area contributed by atoms with Crippen LogP contribution in [0.3, 0.4) is 0 Å². The van der Waals surface area contributed by atoms with Crippen molar-refractivity contribution in [1.29, 1.82) is 0 Å². The molecular weight excluding hydrogens is 182 g/mol. The number of hydrogen-bond acceptors (Lipinski definition) is 4. The van der Waals surface area contributed by atoms with E-state index in [9.17, 15) is 4.79 Å². The van der Waals surface area contributed by atoms with Gasteiger partial charge >= 0.3 is 0 Å². The topological polar surface area (TPSA) is 47.9 Å². The van der Waals surface area contributed by atoms with Crippen molar-refractivity contribution >= 4 is 11.5 Å². The van der Waals surface area contributed by atoms with Crippen molar-refractivity contribution in [3.63, 3.8) is 0 Å². The van der Waals surface area contributed by atoms with Gasteiger partial charge in [0.05, 0.1) is 17.2 Å². The third-order valence-corrected chi connectivity index (χ3v) is 3.43. The predicted octanol–water partition coefficient (Wildman–Crippen LogP) is 0.675. The Morgan fingerprint density at radius 1 is 1.71 bits per heavy atom. The van der Waals surface area contributed by atoms with Gasteiger partial charge in [-0.25, -0.2) is 0 Å². The monoisotopic (exact) mass is 193 g/mol. The Bertz CT molecular complexity index is 360. The molecule has 14 heavy (non-hydrogen) atoms. The molecule has 0 radical (unpaired) electrons. The van der Waals surface area contributed by atoms with Crippen LogP contribution in [-0.2, 0) is 14.4 Å². The SMILES string of the molecule is CO[C@]12C=CC(=O)[C@@H]3ON=C(CC1)[C@@H]32. The average Bonchev–Trinajstić information content (AvgIpc) is 2.76. The first-order valence-electron chi connectivity index (χ1n) is 4.78. The Kier molecular flexibility index (Phi) is 1.43. The summed E-state index contributed by atoms with van der Waals surface area (Å²) < 4.78 is 5.53. The lowest BCUT2D eigenvalue weighted by molar-refractivity contribution is -0.132. The Balaban J connectivity index is 2.11. The molecule has 3 atom stereocenters. The van der Waals surface area contributed by atoms with Crippen molar-refractivity contribution in [2.45, 2.75) is 24.5 Å². The van der Waals surface area contributed by atoms with Gasteiger partial charge in [-0.2, -0.15) is 0 Å². The minimum absolute atomic E-state index is 0.00308. The van der Waals surface area contributed by atoms with Crippen LogP contribution in [0.15, 0.2) is 17.3 Å². The van der Waals surface area contributed by atoms with E-state index in [0.717, 1.165) is 18.6 Å². The average molecular weight is 193 g/mol. The molecular formula is C10H11NO3. The van der Waals surface area contributed by atoms with E-state index in [1.807, 2.05) is 6.08 Å². The summed E-state index contributed by atoms with van der Waals surface area (Å²) in [6.07, 6.45) is 4.77. The van der Waals surface area contributed by atoms with Gasteiger partial charge in [-0.05, 0) is 25.0 Å². The van der Waals surface area contributed by atoms with Gasteiger partial charge in [0, 0.05) is 7.11 Å². The van der Waals surface area contributed by atoms with Gasteiger partial charge in [-0.3, -0.25) is 4.79 Å². The van der Waals surface area contributed by atoms with E-state index < -0.39 is 6.10 Å². The number of hydrogen-bond donors (Lipinski definition) is 0. The molecule has 0 aromatic heterocycles. The lowest BCUT2D eigenvalue weighted by atomic mass is 9.79. The Hall–Kier alpha value is -1.16. The maximum Gasteiger partial charge on any atom is 0.200 e. The summed E-state index contributed by atoms with van der Waals surface area (Å²) in [6, 6.07) is 0. The molecule has 0 bridgehead atoms. The molecule has 4 nitrogen and oxygen atoms in total. The maximum absolute atomic E-state index is 11.5. The van der Waals surface area contributed by atoms with Crippen molar-refractivity contribution in [3.05, 3.63) is 12.2 Å². The van der Waals surface area contributed by atoms with Gasteiger partial charge in [0.25, 0.3) is 0 Å². The number of oxime groups is 1. The summed E-state index contributed by atoms with van der Waals surface area (Å²) in [5, 5.41) is 3.96. The van der Waals surface area contributed by atoms with Crippen molar-refractivity contribution in [1.82, 2.24) is 0 Å². The zero-order valence-electron chi connectivity index (χ0n) is 7.90. The second-order valence-corrected chi connectivity index (χ2v) is 3.98. The van der Waals surface area contributed by atoms with Crippen LogP contribution in [-0.4, -0.2) is 30.3 Å². The summed E-state index contributed by atoms with van der Waals surface area (Å²) in [4.78, 5) is 16.6. The third kappa shape index (κ3) is 0.773. The van der Waals surface area contributed by atoms with Crippen LogP contribution in [0.2, 0.25) is 0 Å². The first kappa shape index (κ1) is 8.17. The number of rotatable bonds is 1. The third-order valence-electron chi connectivity index (χ3n) is 3.43. The number of carbonyl (C=O) groups excluding carboxylic acids is 1. The van der Waals surface area contributed by atoms with E-state index in [2.05, 4.69) is 5.16 Å². The van der Waals surface area contributed by atoms with Gasteiger partial charge in [0.1, 0.15) is 0 Å². The van der Waals surface area contributed by atoms with Crippen LogP contribution in [0.4, 0.5) is 0 Å². The molecule has 0 unspecified atom stereocenters. The maximum atomic E-state index is 11.5. The molecule has 2 aliphatic carbocycles. The molecule has 1 saturated carbocycles. The molecule has 0 spiro atoms. The van der Waals surface area contributed by atoms with Crippen LogP contribution in [0.1, 0.15) is 12.8 Å². The standard InChI is InChI=1S/C10H11NO3/c1-13-10-4-2-6-8(10)9(14-11-6)7(12)3-5-10/h3,5,8-9H,2,4H2,1H3/t8-,9-,10-/m0/s1. The van der Waals surface area contributed by atoms with Crippen molar-refractivity contribution in [2.75, 3.05) is 7.11 Å². The predicted molar refractivity (Wildman–Crippen MR) is 48.9 cm³/mol. The van der Waals surface area contributed by atoms with Crippen LogP contribution in [0.25, 0.3) is 0 Å². The normalized spacial score (nSPS) is 43.5. The van der Waals surface area contributed by atoms with Gasteiger partial charge in [0.2, 0.25) is 0 Å². The Morgan fingerprint density at radius 2 is 2.57 bits per heavy atom. The summed E-state index contributed by atoms with van der Waals surface area (Å²) in [7, 11) is 1.68. The fourth-order valence-electron chi connectivity index (χ4n) is 2.65. The summed E-state index contributed by atoms with van der Waals surface area (Å²) >= 11 is 0. The molecule has 4 heteroatoms. The van der Waals surface area contributed by atoms with E-state index in [1.165, 1.54) is 0 Å². The quantitative estimate of drug-likeness (QED) is 0.615. The number of nitrogens with zero attached hydrogens (tertiary/aromatic N) is 1. The van der Waals surface area contributed by atoms with Crippen LogP contribution in [0, 0.1) is 5.92 Å². The van der Waals surface area contributed by atoms with Crippen LogP contribution >= 0.6 is 0 Å². The highest BCUT2D eigenvalue weighted by molar-refractivity contribution is 6.04. The van der Waals surface area contributed by atoms with E-state index in [0.29, 0.717) is 0 Å². The molecule has 1 aliphatic heterocycles. The van der Waals surface area contributed by atoms with Crippen molar-refractivity contribution in [3.8, 4) is 0 Å². The number of ether oxygens (including phenoxy) is 1. The fourth-order valence-corrected chi connectivity index (χ4v) is 2.65. The first-order chi connectivity index (χ1) is 6.77. The first-order valence-corrected chi connectivity index (χ1v) is 4.78. The van der Waals surface area contributed by atoms with Crippen molar-refractivity contribution in [2.24, 2.45) is 11.1 Å². The number of carbonyl (C=O) groups is 1. The molecule has 1 fully saturated rings. The summed E-state index contributed by atoms with van der Waals surface area (Å²) in [5.41, 5.74) is 0.642. The molecule has 1 heterocycles. The molecule has 0 N–H and O–H groups in total. The van der Waals surface area contributed by atoms with Crippen molar-refractivity contribution < 1.29 is 14.4 Å². The summed E-state index contributed by atoms with van der Waals surface area (Å²) in [5.74, 6) is 0.0216. The van der Waals surface area contributed by atoms with Crippen LogP contribution in [0.5, 0.6) is 0 Å². The summed E-state index contributed by atoms with van der Waals surface area (Å²) in [6.45, 7) is 0. The lowest BCUT2D eigenvalue weighted by Crippen LogP contribution is -2.47. The minimum Gasteiger partial charge on any atom is -0.383 e. The fraction of sp³-hybridized carbons (Fsp3) is 0.600. The Morgan fingerprint density at radius 3 is 3.36 bits per heavy atom. The minimum atomic E-state index is -0.433. The van der Waals surface area contributed by atoms with Gasteiger partial charge in [-0.1, -0.05) is 5.16 Å². The van der Waals surface area contributed by atoms with Gasteiger partial charge in [0.15, 0.2) is 11.9 Å². The van der Waals surface area contributed by atoms with E-state index in [1.54, 1.807) is 13.2 Å². The van der Waals surface area contributed by atoms with Crippen LogP contribution < -0.4 is 0 Å². The highest BCUT2D eigenvalue weighted by atomic mass is 16.6. The zero-order chi connectivity index (χ0) is 9.76. The molecule has 3 rings (SSSR count). The second kappa shape index (κ2) is 2.45. The zero-order valence-corrected chi connectivity index (χ0v) is 7.90. The molecule has 74 valence electrons. The smallest absolute Gasteiger partial charge is 0.200 e. The molecule has 0 saturated heterocycles. The van der Waals surface area contributed by atoms with Gasteiger partial charge < -0.3 is 9.57 Å². The molecule has 3 aliphatic rings. The van der Waals surface area contributed by atoms with E-state index in [4.69, 9.17) is 9.57 Å². The van der Waals surface area contributed by atoms with E-state index >= 15 is 0 Å². The lowest BCUT2D eigenvalue weighted by Gasteiger charge is -2.33. The largest absolute Gasteiger partial charge is 0.383 e. The molecule has 0 amide bonds. The number of methoxy groups -OCH3 is 1. The van der Waals surface area contributed by atoms with Gasteiger partial charge in [-0.15, -0.1) is 0 Å². The molecule has 0 aromatic rings. The molecule has 0 aromatic carbocycles. The van der Waals surface area contributed by atoms with E-state index in [-0.39, 0.29) is 17.3 Å². The highest BCUT2D eigenvalue weighted by Gasteiger charge is 2.57.